The lowest BCUT2D eigenvalue weighted by molar-refractivity contribution is 0.552. The maximum atomic E-state index is 11.6. The van der Waals surface area contributed by atoms with E-state index >= 15 is 0 Å². The lowest BCUT2D eigenvalue weighted by Gasteiger charge is -2.06. The first-order valence-electron chi connectivity index (χ1n) is 6.45. The van der Waals surface area contributed by atoms with Gasteiger partial charge in [-0.3, -0.25) is 0 Å². The van der Waals surface area contributed by atoms with Crippen LogP contribution in [0.4, 0.5) is 0 Å². The fourth-order valence-electron chi connectivity index (χ4n) is 2.54. The third kappa shape index (κ3) is 1.69. The highest BCUT2D eigenvalue weighted by molar-refractivity contribution is 6.05. The minimum Gasteiger partial charge on any atom is -0.452 e. The fourth-order valence-corrected chi connectivity index (χ4v) is 2.54. The summed E-state index contributed by atoms with van der Waals surface area (Å²) in [6.07, 6.45) is 0. The van der Waals surface area contributed by atoms with Crippen LogP contribution in [0.1, 0.15) is 36.5 Å². The summed E-state index contributed by atoms with van der Waals surface area (Å²) in [4.78, 5) is 11.6. The molecule has 0 spiro atoms. The first kappa shape index (κ1) is 12.0. The standard InChI is InChI=1S/C16H16O3/c1-8(2)11-6-5-9(3)13-15(11)19-14-10(4)7-12(17)18-16(13)14/h5-8H,1-4H3. The normalized spacial score (nSPS) is 11.8. The van der Waals surface area contributed by atoms with E-state index in [9.17, 15) is 4.79 Å². The number of fused-ring (bicyclic) bond motifs is 3. The van der Waals surface area contributed by atoms with Gasteiger partial charge >= 0.3 is 5.63 Å². The van der Waals surface area contributed by atoms with Gasteiger partial charge in [0, 0.05) is 11.6 Å². The number of rotatable bonds is 1. The van der Waals surface area contributed by atoms with E-state index < -0.39 is 0 Å². The van der Waals surface area contributed by atoms with Crippen LogP contribution in [0.25, 0.3) is 22.1 Å². The summed E-state index contributed by atoms with van der Waals surface area (Å²) in [5.74, 6) is 0.357. The van der Waals surface area contributed by atoms with Crippen LogP contribution in [0.5, 0.6) is 0 Å². The Hall–Kier alpha value is -2.03. The van der Waals surface area contributed by atoms with Crippen molar-refractivity contribution < 1.29 is 8.83 Å². The molecular formula is C16H16O3. The van der Waals surface area contributed by atoms with Crippen LogP contribution in [0.15, 0.2) is 31.8 Å². The Morgan fingerprint density at radius 3 is 2.37 bits per heavy atom. The number of hydrogen-bond donors (Lipinski definition) is 0. The average Bonchev–Trinajstić information content (AvgIpc) is 2.69. The number of hydrogen-bond acceptors (Lipinski definition) is 3. The van der Waals surface area contributed by atoms with Crippen molar-refractivity contribution in [3.63, 3.8) is 0 Å². The minimum atomic E-state index is -0.331. The minimum absolute atomic E-state index is 0.331. The van der Waals surface area contributed by atoms with Crippen molar-refractivity contribution in [2.75, 3.05) is 0 Å². The molecule has 0 aliphatic carbocycles. The summed E-state index contributed by atoms with van der Waals surface area (Å²) in [6.45, 7) is 8.12. The maximum absolute atomic E-state index is 11.6. The van der Waals surface area contributed by atoms with E-state index in [-0.39, 0.29) is 5.63 Å². The highest BCUT2D eigenvalue weighted by Gasteiger charge is 2.18. The van der Waals surface area contributed by atoms with Crippen LogP contribution in [0.3, 0.4) is 0 Å². The molecule has 0 aliphatic heterocycles. The molecule has 0 bridgehead atoms. The Morgan fingerprint density at radius 2 is 1.68 bits per heavy atom. The van der Waals surface area contributed by atoms with Crippen molar-refractivity contribution in [3.05, 3.63) is 45.3 Å². The molecule has 3 aromatic rings. The monoisotopic (exact) mass is 256 g/mol. The molecule has 2 aromatic heterocycles. The summed E-state index contributed by atoms with van der Waals surface area (Å²) in [6, 6.07) is 5.60. The van der Waals surface area contributed by atoms with Crippen molar-refractivity contribution >= 4 is 22.1 Å². The van der Waals surface area contributed by atoms with Gasteiger partial charge in [-0.1, -0.05) is 26.0 Å². The number of furan rings is 1. The molecule has 3 nitrogen and oxygen atoms in total. The molecule has 0 amide bonds. The molecule has 2 heterocycles. The van der Waals surface area contributed by atoms with E-state index in [0.29, 0.717) is 17.1 Å². The van der Waals surface area contributed by atoms with Crippen LogP contribution in [-0.2, 0) is 0 Å². The highest BCUT2D eigenvalue weighted by Crippen LogP contribution is 2.36. The average molecular weight is 256 g/mol. The van der Waals surface area contributed by atoms with E-state index in [2.05, 4.69) is 26.0 Å². The van der Waals surface area contributed by atoms with Gasteiger partial charge in [0.05, 0.1) is 5.39 Å². The molecule has 0 saturated carbocycles. The van der Waals surface area contributed by atoms with E-state index in [1.165, 1.54) is 6.07 Å². The van der Waals surface area contributed by atoms with Crippen molar-refractivity contribution in [1.82, 2.24) is 0 Å². The molecule has 1 aromatic carbocycles. The van der Waals surface area contributed by atoms with Crippen molar-refractivity contribution in [2.45, 2.75) is 33.6 Å². The summed E-state index contributed by atoms with van der Waals surface area (Å²) < 4.78 is 11.3. The lowest BCUT2D eigenvalue weighted by atomic mass is 9.98. The summed E-state index contributed by atoms with van der Waals surface area (Å²) >= 11 is 0. The van der Waals surface area contributed by atoms with Gasteiger partial charge in [-0.05, 0) is 30.9 Å². The quantitative estimate of drug-likeness (QED) is 0.652. The first-order valence-corrected chi connectivity index (χ1v) is 6.45. The molecule has 98 valence electrons. The van der Waals surface area contributed by atoms with Gasteiger partial charge in [-0.25, -0.2) is 4.79 Å². The molecule has 0 radical (unpaired) electrons. The van der Waals surface area contributed by atoms with Gasteiger partial charge in [0.1, 0.15) is 5.58 Å². The second kappa shape index (κ2) is 3.98. The van der Waals surface area contributed by atoms with E-state index in [1.807, 2.05) is 13.8 Å². The molecular weight excluding hydrogens is 240 g/mol. The van der Waals surface area contributed by atoms with Crippen LogP contribution in [0, 0.1) is 13.8 Å². The second-order valence-electron chi connectivity index (χ2n) is 5.34. The van der Waals surface area contributed by atoms with Gasteiger partial charge in [-0.15, -0.1) is 0 Å². The first-order chi connectivity index (χ1) is 8.99. The van der Waals surface area contributed by atoms with Gasteiger partial charge in [0.2, 0.25) is 0 Å². The highest BCUT2D eigenvalue weighted by atomic mass is 16.4. The SMILES string of the molecule is Cc1cc(=O)oc2c1oc1c(C(C)C)ccc(C)c12. The van der Waals surface area contributed by atoms with Crippen molar-refractivity contribution in [3.8, 4) is 0 Å². The Bertz CT molecular complexity index is 834. The molecule has 0 unspecified atom stereocenters. The Morgan fingerprint density at radius 1 is 0.947 bits per heavy atom. The molecule has 19 heavy (non-hydrogen) atoms. The van der Waals surface area contributed by atoms with Gasteiger partial charge in [-0.2, -0.15) is 0 Å². The van der Waals surface area contributed by atoms with Gasteiger partial charge in [0.15, 0.2) is 11.2 Å². The van der Waals surface area contributed by atoms with Gasteiger partial charge < -0.3 is 8.83 Å². The van der Waals surface area contributed by atoms with Crippen molar-refractivity contribution in [2.24, 2.45) is 0 Å². The summed E-state index contributed by atoms with van der Waals surface area (Å²) in [5.41, 5.74) is 4.76. The van der Waals surface area contributed by atoms with Crippen molar-refractivity contribution in [1.29, 1.82) is 0 Å². The summed E-state index contributed by atoms with van der Waals surface area (Å²) in [7, 11) is 0. The van der Waals surface area contributed by atoms with Crippen LogP contribution in [0.2, 0.25) is 0 Å². The molecule has 3 heteroatoms. The topological polar surface area (TPSA) is 43.4 Å². The zero-order chi connectivity index (χ0) is 13.7. The van der Waals surface area contributed by atoms with E-state index in [4.69, 9.17) is 8.83 Å². The van der Waals surface area contributed by atoms with E-state index in [1.54, 1.807) is 0 Å². The van der Waals surface area contributed by atoms with E-state index in [0.717, 1.165) is 27.7 Å². The third-order valence-electron chi connectivity index (χ3n) is 3.55. The molecule has 0 atom stereocenters. The Kier molecular flexibility index (Phi) is 2.52. The lowest BCUT2D eigenvalue weighted by Crippen LogP contribution is -1.96. The number of benzene rings is 1. The van der Waals surface area contributed by atoms with Gasteiger partial charge in [0.25, 0.3) is 0 Å². The second-order valence-corrected chi connectivity index (χ2v) is 5.34. The molecule has 0 aliphatic rings. The predicted molar refractivity (Wildman–Crippen MR) is 75.8 cm³/mol. The maximum Gasteiger partial charge on any atom is 0.336 e. The largest absolute Gasteiger partial charge is 0.452 e. The predicted octanol–water partition coefficient (Wildman–Crippen LogP) is 4.28. The van der Waals surface area contributed by atoms with Crippen LogP contribution < -0.4 is 5.63 Å². The Balaban J connectivity index is 2.60. The molecule has 3 rings (SSSR count). The van der Waals surface area contributed by atoms with Crippen LogP contribution in [-0.4, -0.2) is 0 Å². The third-order valence-corrected chi connectivity index (χ3v) is 3.55. The van der Waals surface area contributed by atoms with Crippen LogP contribution >= 0.6 is 0 Å². The Labute approximate surface area is 110 Å². The molecule has 0 N–H and O–H groups in total. The number of aryl methyl sites for hydroxylation is 2. The molecule has 0 saturated heterocycles. The zero-order valence-corrected chi connectivity index (χ0v) is 11.5. The summed E-state index contributed by atoms with van der Waals surface area (Å²) in [5, 5.41) is 0.919. The molecule has 0 fully saturated rings. The smallest absolute Gasteiger partial charge is 0.336 e. The fraction of sp³-hybridized carbons (Fsp3) is 0.312. The zero-order valence-electron chi connectivity index (χ0n) is 11.5.